The lowest BCUT2D eigenvalue weighted by Gasteiger charge is -2.37. The number of rotatable bonds is 4. The van der Waals surface area contributed by atoms with Gasteiger partial charge < -0.3 is 5.73 Å². The van der Waals surface area contributed by atoms with Gasteiger partial charge in [-0.25, -0.2) is 4.68 Å². The maximum Gasteiger partial charge on any atom is 0.0645 e. The number of likely N-dealkylation sites (tertiary alicyclic amines) is 1. The molecule has 0 spiro atoms. The summed E-state index contributed by atoms with van der Waals surface area (Å²) in [6.07, 6.45) is 6.30. The Kier molecular flexibility index (Phi) is 4.36. The lowest BCUT2D eigenvalue weighted by Crippen LogP contribution is -2.43. The molecule has 4 nitrogen and oxygen atoms in total. The summed E-state index contributed by atoms with van der Waals surface area (Å²) in [5.41, 5.74) is 8.31. The first kappa shape index (κ1) is 14.3. The highest BCUT2D eigenvalue weighted by Gasteiger charge is 2.24. The average Bonchev–Trinajstić information content (AvgIpc) is 3.04. The molecule has 1 saturated heterocycles. The number of piperidine rings is 1. The van der Waals surface area contributed by atoms with Crippen LogP contribution in [0.3, 0.4) is 0 Å². The summed E-state index contributed by atoms with van der Waals surface area (Å²) < 4.78 is 1.89. The predicted octanol–water partition coefficient (Wildman–Crippen LogP) is 2.43. The third-order valence-corrected chi connectivity index (χ3v) is 4.53. The molecular weight excluding hydrogens is 260 g/mol. The van der Waals surface area contributed by atoms with Gasteiger partial charge in [-0.15, -0.1) is 0 Å². The van der Waals surface area contributed by atoms with Crippen molar-refractivity contribution in [3.63, 3.8) is 0 Å². The van der Waals surface area contributed by atoms with Crippen molar-refractivity contribution in [2.24, 2.45) is 11.7 Å². The molecule has 1 aromatic heterocycles. The average molecular weight is 284 g/mol. The predicted molar refractivity (Wildman–Crippen MR) is 85.2 cm³/mol. The van der Waals surface area contributed by atoms with Crippen LogP contribution in [-0.2, 0) is 6.54 Å². The third-order valence-electron chi connectivity index (χ3n) is 4.53. The third kappa shape index (κ3) is 3.34. The minimum atomic E-state index is 0.651. The van der Waals surface area contributed by atoms with Gasteiger partial charge >= 0.3 is 0 Å². The fourth-order valence-electron chi connectivity index (χ4n) is 3.09. The molecule has 4 heteroatoms. The Morgan fingerprint density at radius 2 is 2.05 bits per heavy atom. The zero-order valence-corrected chi connectivity index (χ0v) is 12.7. The number of nitrogens with zero attached hydrogens (tertiary/aromatic N) is 3. The van der Waals surface area contributed by atoms with Crippen molar-refractivity contribution in [1.29, 1.82) is 0 Å². The van der Waals surface area contributed by atoms with E-state index < -0.39 is 0 Å². The van der Waals surface area contributed by atoms with Crippen LogP contribution in [0.25, 0.3) is 5.69 Å². The summed E-state index contributed by atoms with van der Waals surface area (Å²) in [5, 5.41) is 4.26. The molecule has 2 aromatic rings. The highest BCUT2D eigenvalue weighted by atomic mass is 15.3. The molecule has 112 valence electrons. The molecule has 1 aliphatic rings. The fraction of sp³-hybridized carbons (Fsp3) is 0.471. The monoisotopic (exact) mass is 284 g/mol. The van der Waals surface area contributed by atoms with Gasteiger partial charge in [-0.1, -0.05) is 12.1 Å². The topological polar surface area (TPSA) is 47.1 Å². The van der Waals surface area contributed by atoms with Crippen molar-refractivity contribution in [3.8, 4) is 5.69 Å². The fourth-order valence-corrected chi connectivity index (χ4v) is 3.09. The SMILES string of the molecule is CC1CCC(CN)CN1Cc1ccc(-n2cccn2)cc1. The summed E-state index contributed by atoms with van der Waals surface area (Å²) in [4.78, 5) is 2.56. The quantitative estimate of drug-likeness (QED) is 0.938. The number of nitrogens with two attached hydrogens (primary N) is 1. The molecule has 0 aliphatic carbocycles. The lowest BCUT2D eigenvalue weighted by molar-refractivity contribution is 0.113. The molecule has 1 fully saturated rings. The molecule has 1 aliphatic heterocycles. The van der Waals surface area contributed by atoms with E-state index in [0.29, 0.717) is 12.0 Å². The van der Waals surface area contributed by atoms with E-state index in [0.717, 1.165) is 25.3 Å². The Morgan fingerprint density at radius 1 is 1.24 bits per heavy atom. The number of aromatic nitrogens is 2. The first-order chi connectivity index (χ1) is 10.3. The molecule has 0 amide bonds. The Morgan fingerprint density at radius 3 is 2.71 bits per heavy atom. The van der Waals surface area contributed by atoms with Gasteiger partial charge in [-0.2, -0.15) is 5.10 Å². The molecule has 2 unspecified atom stereocenters. The van der Waals surface area contributed by atoms with E-state index in [1.807, 2.05) is 16.9 Å². The van der Waals surface area contributed by atoms with Crippen molar-refractivity contribution in [3.05, 3.63) is 48.3 Å². The van der Waals surface area contributed by atoms with Gasteiger partial charge in [0.25, 0.3) is 0 Å². The Balaban J connectivity index is 1.67. The maximum atomic E-state index is 5.84. The number of hydrogen-bond donors (Lipinski definition) is 1. The normalized spacial score (nSPS) is 23.3. The first-order valence-corrected chi connectivity index (χ1v) is 7.79. The second-order valence-electron chi connectivity index (χ2n) is 6.07. The summed E-state index contributed by atoms with van der Waals surface area (Å²) in [6, 6.07) is 11.3. The molecule has 2 N–H and O–H groups in total. The van der Waals surface area contributed by atoms with Crippen LogP contribution >= 0.6 is 0 Å². The van der Waals surface area contributed by atoms with Gasteiger partial charge in [-0.05, 0) is 56.0 Å². The van der Waals surface area contributed by atoms with E-state index in [-0.39, 0.29) is 0 Å². The van der Waals surface area contributed by atoms with E-state index in [1.165, 1.54) is 18.4 Å². The molecule has 2 atom stereocenters. The van der Waals surface area contributed by atoms with E-state index >= 15 is 0 Å². The Hall–Kier alpha value is -1.65. The van der Waals surface area contributed by atoms with Crippen molar-refractivity contribution in [2.45, 2.75) is 32.4 Å². The molecule has 0 radical (unpaired) electrons. The van der Waals surface area contributed by atoms with E-state index in [4.69, 9.17) is 5.73 Å². The van der Waals surface area contributed by atoms with Crippen molar-refractivity contribution < 1.29 is 0 Å². The van der Waals surface area contributed by atoms with Gasteiger partial charge in [0.1, 0.15) is 0 Å². The van der Waals surface area contributed by atoms with Crippen LogP contribution in [0.1, 0.15) is 25.3 Å². The van der Waals surface area contributed by atoms with Gasteiger partial charge in [0.05, 0.1) is 5.69 Å². The highest BCUT2D eigenvalue weighted by Crippen LogP contribution is 2.23. The number of benzene rings is 1. The zero-order chi connectivity index (χ0) is 14.7. The van der Waals surface area contributed by atoms with Crippen molar-refractivity contribution in [2.75, 3.05) is 13.1 Å². The van der Waals surface area contributed by atoms with Crippen LogP contribution in [0.2, 0.25) is 0 Å². The minimum absolute atomic E-state index is 0.651. The maximum absolute atomic E-state index is 5.84. The standard InChI is InChI=1S/C17H24N4/c1-14-3-4-16(11-18)13-20(14)12-15-5-7-17(8-6-15)21-10-2-9-19-21/h2,5-10,14,16H,3-4,11-13,18H2,1H3. The van der Waals surface area contributed by atoms with Gasteiger partial charge in [0, 0.05) is 31.5 Å². The first-order valence-electron chi connectivity index (χ1n) is 7.79. The van der Waals surface area contributed by atoms with Crippen LogP contribution in [0.5, 0.6) is 0 Å². The Bertz CT molecular complexity index is 547. The van der Waals surface area contributed by atoms with Gasteiger partial charge in [0.15, 0.2) is 0 Å². The molecule has 2 heterocycles. The van der Waals surface area contributed by atoms with Crippen molar-refractivity contribution >= 4 is 0 Å². The summed E-state index contributed by atoms with van der Waals surface area (Å²) in [6.45, 7) is 5.27. The van der Waals surface area contributed by atoms with E-state index in [1.54, 1.807) is 6.20 Å². The second kappa shape index (κ2) is 6.41. The van der Waals surface area contributed by atoms with E-state index in [9.17, 15) is 0 Å². The highest BCUT2D eigenvalue weighted by molar-refractivity contribution is 5.33. The summed E-state index contributed by atoms with van der Waals surface area (Å²) >= 11 is 0. The number of hydrogen-bond acceptors (Lipinski definition) is 3. The van der Waals surface area contributed by atoms with Crippen LogP contribution in [-0.4, -0.2) is 33.8 Å². The molecule has 3 rings (SSSR count). The molecule has 0 bridgehead atoms. The summed E-state index contributed by atoms with van der Waals surface area (Å²) in [5.74, 6) is 0.657. The largest absolute Gasteiger partial charge is 0.330 e. The van der Waals surface area contributed by atoms with Gasteiger partial charge in [-0.3, -0.25) is 4.90 Å². The van der Waals surface area contributed by atoms with Crippen LogP contribution in [0, 0.1) is 5.92 Å². The molecule has 21 heavy (non-hydrogen) atoms. The lowest BCUT2D eigenvalue weighted by atomic mass is 9.93. The summed E-state index contributed by atoms with van der Waals surface area (Å²) in [7, 11) is 0. The van der Waals surface area contributed by atoms with Crippen LogP contribution < -0.4 is 5.73 Å². The smallest absolute Gasteiger partial charge is 0.0645 e. The van der Waals surface area contributed by atoms with Crippen LogP contribution in [0.4, 0.5) is 0 Å². The Labute approximate surface area is 126 Å². The van der Waals surface area contributed by atoms with Gasteiger partial charge in [0.2, 0.25) is 0 Å². The van der Waals surface area contributed by atoms with Crippen molar-refractivity contribution in [1.82, 2.24) is 14.7 Å². The van der Waals surface area contributed by atoms with Crippen LogP contribution in [0.15, 0.2) is 42.7 Å². The second-order valence-corrected chi connectivity index (χ2v) is 6.07. The molecule has 0 saturated carbocycles. The van der Waals surface area contributed by atoms with E-state index in [2.05, 4.69) is 41.2 Å². The zero-order valence-electron chi connectivity index (χ0n) is 12.7. The minimum Gasteiger partial charge on any atom is -0.330 e. The molecule has 1 aromatic carbocycles. The molecular formula is C17H24N4.